The van der Waals surface area contributed by atoms with Gasteiger partial charge in [0, 0.05) is 11.2 Å². The zero-order valence-electron chi connectivity index (χ0n) is 10.7. The van der Waals surface area contributed by atoms with Gasteiger partial charge >= 0.3 is 0 Å². The highest BCUT2D eigenvalue weighted by atomic mass is 32.2. The molecule has 6 nitrogen and oxygen atoms in total. The minimum Gasteiger partial charge on any atom is -0.549 e. The molecule has 1 heterocycles. The number of hydrogen-bond donors (Lipinski definition) is 2. The molecule has 2 rings (SSSR count). The molecule has 104 valence electrons. The van der Waals surface area contributed by atoms with E-state index in [1.54, 1.807) is 0 Å². The van der Waals surface area contributed by atoms with Crippen LogP contribution in [0.3, 0.4) is 0 Å². The summed E-state index contributed by atoms with van der Waals surface area (Å²) < 4.78 is 0. The predicted octanol–water partition coefficient (Wildman–Crippen LogP) is 0.0622. The number of aliphatic carboxylic acids is 1. The van der Waals surface area contributed by atoms with Gasteiger partial charge in [-0.05, 0) is 12.8 Å². The van der Waals surface area contributed by atoms with Crippen molar-refractivity contribution in [2.45, 2.75) is 25.7 Å². The molecule has 1 spiro atoms. The summed E-state index contributed by atoms with van der Waals surface area (Å²) in [4.78, 5) is 10.6. The summed E-state index contributed by atoms with van der Waals surface area (Å²) in [5, 5.41) is 32.6. The molecule has 0 amide bonds. The second-order valence-corrected chi connectivity index (χ2v) is 5.78. The molecule has 20 heavy (non-hydrogen) atoms. The molecule has 3 N–H and O–H groups in total. The molecule has 0 atom stereocenters. The first-order valence-corrected chi connectivity index (χ1v) is 7.18. The first kappa shape index (κ1) is 14.3. The van der Waals surface area contributed by atoms with Gasteiger partial charge in [-0.1, -0.05) is 12.8 Å². The largest absolute Gasteiger partial charge is 0.549 e. The number of thioether (sulfide) groups is 1. The van der Waals surface area contributed by atoms with E-state index < -0.39 is 11.4 Å². The van der Waals surface area contributed by atoms with Crippen LogP contribution in [0.2, 0.25) is 0 Å². The van der Waals surface area contributed by atoms with Crippen molar-refractivity contribution in [2.24, 2.45) is 11.1 Å². The number of dihydropyridines is 1. The molecular formula is C13H13N4O2S-. The lowest BCUT2D eigenvalue weighted by Crippen LogP contribution is -2.37. The number of carboxylic acid groups (broad SMARTS) is 1. The van der Waals surface area contributed by atoms with Crippen molar-refractivity contribution in [1.29, 1.82) is 10.5 Å². The fraction of sp³-hybridized carbons (Fsp3) is 0.462. The summed E-state index contributed by atoms with van der Waals surface area (Å²) in [6.45, 7) is 0. The summed E-state index contributed by atoms with van der Waals surface area (Å²) in [6, 6.07) is 4.24. The van der Waals surface area contributed by atoms with E-state index >= 15 is 0 Å². The third-order valence-corrected chi connectivity index (χ3v) is 4.69. The Kier molecular flexibility index (Phi) is 3.91. The molecule has 1 fully saturated rings. The zero-order valence-corrected chi connectivity index (χ0v) is 11.5. The Morgan fingerprint density at radius 2 is 1.95 bits per heavy atom. The molecular weight excluding hydrogens is 276 g/mol. The minimum absolute atomic E-state index is 0.217. The minimum atomic E-state index is -1.21. The van der Waals surface area contributed by atoms with Gasteiger partial charge in [0.25, 0.3) is 0 Å². The first-order chi connectivity index (χ1) is 9.55. The number of carbonyl (C=O) groups is 1. The third-order valence-electron chi connectivity index (χ3n) is 3.72. The van der Waals surface area contributed by atoms with E-state index in [-0.39, 0.29) is 11.6 Å². The zero-order chi connectivity index (χ0) is 14.8. The average molecular weight is 289 g/mol. The van der Waals surface area contributed by atoms with Gasteiger partial charge in [0.15, 0.2) is 0 Å². The molecule has 0 aromatic rings. The molecule has 1 aliphatic heterocycles. The number of nitriles is 2. The number of nitrogens with two attached hydrogens (primary N) is 1. The number of allylic oxidation sites excluding steroid dienone is 2. The van der Waals surface area contributed by atoms with E-state index in [1.807, 2.05) is 0 Å². The maximum atomic E-state index is 10.6. The highest BCUT2D eigenvalue weighted by Crippen LogP contribution is 2.53. The average Bonchev–Trinajstić information content (AvgIpc) is 2.86. The van der Waals surface area contributed by atoms with E-state index in [4.69, 9.17) is 5.73 Å². The van der Waals surface area contributed by atoms with E-state index in [1.165, 1.54) is 0 Å². The second kappa shape index (κ2) is 5.48. The smallest absolute Gasteiger partial charge is 0.116 e. The number of nitrogens with zero attached hydrogens (tertiary/aromatic N) is 2. The molecule has 0 radical (unpaired) electrons. The van der Waals surface area contributed by atoms with E-state index in [9.17, 15) is 20.4 Å². The van der Waals surface area contributed by atoms with Crippen LogP contribution in [0.15, 0.2) is 22.0 Å². The Labute approximate surface area is 120 Å². The van der Waals surface area contributed by atoms with Gasteiger partial charge in [-0.25, -0.2) is 0 Å². The number of carbonyl (C=O) groups excluding carboxylic acids is 1. The molecule has 0 saturated heterocycles. The molecule has 2 aliphatic rings. The molecule has 0 aromatic heterocycles. The van der Waals surface area contributed by atoms with Crippen molar-refractivity contribution in [3.05, 3.63) is 22.0 Å². The molecule has 7 heteroatoms. The summed E-state index contributed by atoms with van der Waals surface area (Å²) in [6.07, 6.45) is 3.22. The summed E-state index contributed by atoms with van der Waals surface area (Å²) in [5.74, 6) is -1.26. The van der Waals surface area contributed by atoms with Crippen LogP contribution in [-0.2, 0) is 4.79 Å². The number of carboxylic acids is 1. The first-order valence-electron chi connectivity index (χ1n) is 6.20. The summed E-state index contributed by atoms with van der Waals surface area (Å²) >= 11 is 0.976. The maximum absolute atomic E-state index is 10.6. The quantitative estimate of drug-likeness (QED) is 0.752. The van der Waals surface area contributed by atoms with Crippen molar-refractivity contribution in [3.8, 4) is 12.1 Å². The van der Waals surface area contributed by atoms with Crippen LogP contribution in [0.5, 0.6) is 0 Å². The second-order valence-electron chi connectivity index (χ2n) is 4.79. The third kappa shape index (κ3) is 2.21. The Hall–Kier alpha value is -2.12. The van der Waals surface area contributed by atoms with E-state index in [2.05, 4.69) is 17.5 Å². The van der Waals surface area contributed by atoms with Crippen LogP contribution >= 0.6 is 11.8 Å². The van der Waals surface area contributed by atoms with Gasteiger partial charge in [0.05, 0.1) is 34.3 Å². The molecule has 0 unspecified atom stereocenters. The van der Waals surface area contributed by atoms with Crippen LogP contribution in [0, 0.1) is 28.1 Å². The van der Waals surface area contributed by atoms with Gasteiger partial charge in [-0.3, -0.25) is 0 Å². The number of nitrogens with one attached hydrogen (secondary N) is 1. The van der Waals surface area contributed by atoms with Gasteiger partial charge in [0.2, 0.25) is 0 Å². The number of hydrogen-bond acceptors (Lipinski definition) is 7. The lowest BCUT2D eigenvalue weighted by atomic mass is 9.72. The van der Waals surface area contributed by atoms with Crippen LogP contribution in [0.25, 0.3) is 0 Å². The van der Waals surface area contributed by atoms with Crippen molar-refractivity contribution in [2.75, 3.05) is 5.75 Å². The van der Waals surface area contributed by atoms with Gasteiger partial charge in [-0.15, -0.1) is 11.8 Å². The Balaban J connectivity index is 2.47. The predicted molar refractivity (Wildman–Crippen MR) is 71.0 cm³/mol. The molecule has 1 saturated carbocycles. The number of rotatable bonds is 3. The van der Waals surface area contributed by atoms with Gasteiger partial charge in [-0.2, -0.15) is 10.5 Å². The van der Waals surface area contributed by atoms with Crippen LogP contribution in [0.4, 0.5) is 0 Å². The van der Waals surface area contributed by atoms with E-state index in [0.717, 1.165) is 24.6 Å². The lowest BCUT2D eigenvalue weighted by Gasteiger charge is -2.35. The fourth-order valence-electron chi connectivity index (χ4n) is 2.89. The van der Waals surface area contributed by atoms with Crippen molar-refractivity contribution >= 4 is 17.7 Å². The fourth-order valence-corrected chi connectivity index (χ4v) is 3.72. The van der Waals surface area contributed by atoms with Crippen LogP contribution in [-0.4, -0.2) is 11.7 Å². The standard InChI is InChI=1S/C13H14N4O2S/c14-5-8-11(16)17-12(20-7-10(18)19)9(6-15)13(8)3-1-2-4-13/h17H,1-4,7,16H2,(H,18,19)/p-1. The van der Waals surface area contributed by atoms with Crippen molar-refractivity contribution in [3.63, 3.8) is 0 Å². The van der Waals surface area contributed by atoms with Crippen molar-refractivity contribution < 1.29 is 9.90 Å². The van der Waals surface area contributed by atoms with Gasteiger partial charge < -0.3 is 21.0 Å². The van der Waals surface area contributed by atoms with Crippen LogP contribution in [0.1, 0.15) is 25.7 Å². The topological polar surface area (TPSA) is 126 Å². The highest BCUT2D eigenvalue weighted by molar-refractivity contribution is 8.03. The monoisotopic (exact) mass is 289 g/mol. The summed E-state index contributed by atoms with van der Waals surface area (Å²) in [7, 11) is 0. The van der Waals surface area contributed by atoms with Gasteiger partial charge in [0.1, 0.15) is 5.82 Å². The van der Waals surface area contributed by atoms with E-state index in [0.29, 0.717) is 29.0 Å². The Morgan fingerprint density at radius 3 is 2.45 bits per heavy atom. The Morgan fingerprint density at radius 1 is 1.35 bits per heavy atom. The highest BCUT2D eigenvalue weighted by Gasteiger charge is 2.46. The summed E-state index contributed by atoms with van der Waals surface area (Å²) in [5.41, 5.74) is 6.05. The molecule has 0 bridgehead atoms. The lowest BCUT2D eigenvalue weighted by molar-refractivity contribution is -0.301. The SMILES string of the molecule is N#CC1=C(N)NC(SCC(=O)[O-])=C(C#N)C12CCCC2. The normalized spacial score (nSPS) is 20.5. The maximum Gasteiger partial charge on any atom is 0.116 e. The molecule has 1 aliphatic carbocycles. The molecule has 0 aromatic carbocycles. The van der Waals surface area contributed by atoms with Crippen LogP contribution < -0.4 is 16.2 Å². The Bertz CT molecular complexity index is 588. The van der Waals surface area contributed by atoms with Crippen molar-refractivity contribution in [1.82, 2.24) is 5.32 Å².